The molecule has 0 N–H and O–H groups in total. The molecule has 2 aliphatic heterocycles. The zero-order valence-corrected chi connectivity index (χ0v) is 17.6. The molecule has 2 heterocycles. The topological polar surface area (TPSA) is 40.6 Å². The summed E-state index contributed by atoms with van der Waals surface area (Å²) in [5, 5.41) is 0. The number of hydrogen-bond donors (Lipinski definition) is 0. The smallest absolute Gasteiger partial charge is 0.267 e. The summed E-state index contributed by atoms with van der Waals surface area (Å²) >= 11 is 6.62. The number of benzene rings is 2. The summed E-state index contributed by atoms with van der Waals surface area (Å²) in [6.07, 6.45) is 0. The standard InChI is InChI=1S/C22H20N2O2S2/c1-13(2)24-21(26)19(28-22(24)27)18-16-6-4-5-7-17(16)23(20(18)25)12-15-10-8-14(3)9-11-15/h4-11,13H,12H2,1-3H3. The molecule has 2 aromatic rings. The number of thiocarbonyl (C=S) groups is 1. The highest BCUT2D eigenvalue weighted by Crippen LogP contribution is 2.45. The van der Waals surface area contributed by atoms with Gasteiger partial charge in [-0.15, -0.1) is 0 Å². The largest absolute Gasteiger partial charge is 0.303 e. The number of anilines is 1. The van der Waals surface area contributed by atoms with E-state index in [2.05, 4.69) is 0 Å². The number of aryl methyl sites for hydroxylation is 1. The molecule has 0 aromatic heterocycles. The van der Waals surface area contributed by atoms with Crippen LogP contribution >= 0.6 is 24.0 Å². The van der Waals surface area contributed by atoms with Gasteiger partial charge in [-0.05, 0) is 32.4 Å². The molecule has 1 saturated heterocycles. The molecule has 1 fully saturated rings. The predicted octanol–water partition coefficient (Wildman–Crippen LogP) is 4.52. The second-order valence-corrected chi connectivity index (χ2v) is 8.88. The number of amides is 2. The van der Waals surface area contributed by atoms with Gasteiger partial charge in [0.05, 0.1) is 22.7 Å². The van der Waals surface area contributed by atoms with Crippen LogP contribution in [0.5, 0.6) is 0 Å². The molecule has 2 aliphatic rings. The summed E-state index contributed by atoms with van der Waals surface area (Å²) in [5.74, 6) is -0.327. The lowest BCUT2D eigenvalue weighted by molar-refractivity contribution is -0.123. The van der Waals surface area contributed by atoms with E-state index in [-0.39, 0.29) is 17.9 Å². The van der Waals surface area contributed by atoms with Crippen LogP contribution in [0.1, 0.15) is 30.5 Å². The zero-order chi connectivity index (χ0) is 20.0. The second kappa shape index (κ2) is 7.18. The Hall–Kier alpha value is -2.44. The summed E-state index contributed by atoms with van der Waals surface area (Å²) in [4.78, 5) is 30.1. The van der Waals surface area contributed by atoms with E-state index in [0.717, 1.165) is 16.8 Å². The Morgan fingerprint density at radius 2 is 1.68 bits per heavy atom. The van der Waals surface area contributed by atoms with Gasteiger partial charge in [-0.1, -0.05) is 72.0 Å². The number of hydrogen-bond acceptors (Lipinski definition) is 4. The highest BCUT2D eigenvalue weighted by molar-refractivity contribution is 8.26. The van der Waals surface area contributed by atoms with Gasteiger partial charge in [0, 0.05) is 11.6 Å². The fraction of sp³-hybridized carbons (Fsp3) is 0.227. The van der Waals surface area contributed by atoms with Crippen LogP contribution in [0.25, 0.3) is 5.57 Å². The Bertz CT molecular complexity index is 1030. The highest BCUT2D eigenvalue weighted by Gasteiger charge is 2.42. The molecule has 0 atom stereocenters. The predicted molar refractivity (Wildman–Crippen MR) is 118 cm³/mol. The van der Waals surface area contributed by atoms with E-state index in [4.69, 9.17) is 12.2 Å². The maximum Gasteiger partial charge on any atom is 0.267 e. The van der Waals surface area contributed by atoms with Crippen molar-refractivity contribution in [2.45, 2.75) is 33.4 Å². The van der Waals surface area contributed by atoms with Gasteiger partial charge >= 0.3 is 0 Å². The lowest BCUT2D eigenvalue weighted by Crippen LogP contribution is -2.34. The first-order valence-corrected chi connectivity index (χ1v) is 10.4. The van der Waals surface area contributed by atoms with Gasteiger partial charge < -0.3 is 4.90 Å². The fourth-order valence-corrected chi connectivity index (χ4v) is 5.10. The van der Waals surface area contributed by atoms with Gasteiger partial charge in [0.1, 0.15) is 4.32 Å². The number of carbonyl (C=O) groups is 2. The van der Waals surface area contributed by atoms with Crippen molar-refractivity contribution < 1.29 is 9.59 Å². The lowest BCUT2D eigenvalue weighted by Gasteiger charge is -2.18. The molecule has 142 valence electrons. The fourth-order valence-electron chi connectivity index (χ4n) is 3.51. The van der Waals surface area contributed by atoms with Crippen LogP contribution < -0.4 is 4.90 Å². The van der Waals surface area contributed by atoms with Crippen LogP contribution in [-0.2, 0) is 16.1 Å². The van der Waals surface area contributed by atoms with Crippen molar-refractivity contribution >= 4 is 51.4 Å². The summed E-state index contributed by atoms with van der Waals surface area (Å²) in [6, 6.07) is 15.7. The van der Waals surface area contributed by atoms with Gasteiger partial charge in [0.25, 0.3) is 11.8 Å². The number of thioether (sulfide) groups is 1. The average Bonchev–Trinajstić information content (AvgIpc) is 3.10. The molecule has 0 unspecified atom stereocenters. The Balaban J connectivity index is 1.78. The van der Waals surface area contributed by atoms with Gasteiger partial charge in [0.15, 0.2) is 0 Å². The maximum absolute atomic E-state index is 13.4. The van der Waals surface area contributed by atoms with Crippen molar-refractivity contribution in [2.75, 3.05) is 4.90 Å². The number of fused-ring (bicyclic) bond motifs is 1. The molecule has 2 amide bonds. The van der Waals surface area contributed by atoms with E-state index in [1.54, 1.807) is 9.80 Å². The monoisotopic (exact) mass is 408 g/mol. The van der Waals surface area contributed by atoms with Crippen molar-refractivity contribution in [1.82, 2.24) is 4.90 Å². The van der Waals surface area contributed by atoms with Crippen molar-refractivity contribution in [2.24, 2.45) is 0 Å². The quantitative estimate of drug-likeness (QED) is 0.553. The van der Waals surface area contributed by atoms with Crippen molar-refractivity contribution in [3.63, 3.8) is 0 Å². The summed E-state index contributed by atoms with van der Waals surface area (Å²) in [7, 11) is 0. The molecule has 0 saturated carbocycles. The molecule has 0 radical (unpaired) electrons. The van der Waals surface area contributed by atoms with Gasteiger partial charge in [-0.25, -0.2) is 0 Å². The number of carbonyl (C=O) groups excluding carboxylic acids is 2. The van der Waals surface area contributed by atoms with Crippen molar-refractivity contribution in [3.8, 4) is 0 Å². The minimum absolute atomic E-state index is 0.0407. The average molecular weight is 409 g/mol. The molecule has 6 heteroatoms. The Kier molecular flexibility index (Phi) is 4.85. The van der Waals surface area contributed by atoms with Gasteiger partial charge in [0.2, 0.25) is 0 Å². The van der Waals surface area contributed by atoms with Gasteiger partial charge in [-0.3, -0.25) is 14.5 Å². The Labute approximate surface area is 174 Å². The molecule has 0 aliphatic carbocycles. The maximum atomic E-state index is 13.4. The van der Waals surface area contributed by atoms with E-state index in [1.165, 1.54) is 17.3 Å². The van der Waals surface area contributed by atoms with Crippen LogP contribution in [0.2, 0.25) is 0 Å². The Morgan fingerprint density at radius 1 is 1.00 bits per heavy atom. The molecular weight excluding hydrogens is 388 g/mol. The third-order valence-electron chi connectivity index (χ3n) is 4.93. The molecule has 2 aromatic carbocycles. The third-order valence-corrected chi connectivity index (χ3v) is 6.33. The first-order valence-electron chi connectivity index (χ1n) is 9.15. The van der Waals surface area contributed by atoms with E-state index in [1.807, 2.05) is 69.3 Å². The van der Waals surface area contributed by atoms with E-state index < -0.39 is 0 Å². The minimum atomic E-state index is -0.180. The van der Waals surface area contributed by atoms with Crippen molar-refractivity contribution in [3.05, 3.63) is 70.1 Å². The van der Waals surface area contributed by atoms with E-state index in [0.29, 0.717) is 21.3 Å². The summed E-state index contributed by atoms with van der Waals surface area (Å²) in [5.41, 5.74) is 4.31. The van der Waals surface area contributed by atoms with E-state index >= 15 is 0 Å². The molecule has 28 heavy (non-hydrogen) atoms. The second-order valence-electron chi connectivity index (χ2n) is 7.24. The number of rotatable bonds is 3. The van der Waals surface area contributed by atoms with Crippen LogP contribution in [-0.4, -0.2) is 27.1 Å². The third kappa shape index (κ3) is 3.06. The van der Waals surface area contributed by atoms with Gasteiger partial charge in [-0.2, -0.15) is 0 Å². The highest BCUT2D eigenvalue weighted by atomic mass is 32.2. The first-order chi connectivity index (χ1) is 13.4. The molecule has 4 rings (SSSR count). The van der Waals surface area contributed by atoms with Crippen LogP contribution in [0.3, 0.4) is 0 Å². The zero-order valence-electron chi connectivity index (χ0n) is 15.9. The van der Waals surface area contributed by atoms with E-state index in [9.17, 15) is 9.59 Å². The molecule has 0 spiro atoms. The minimum Gasteiger partial charge on any atom is -0.303 e. The van der Waals surface area contributed by atoms with Crippen LogP contribution in [0, 0.1) is 6.92 Å². The number of para-hydroxylation sites is 1. The molecular formula is C22H20N2O2S2. The SMILES string of the molecule is Cc1ccc(CN2C(=O)C(=C3SC(=S)N(C(C)C)C3=O)c3ccccc32)cc1. The normalized spacial score (nSPS) is 19.2. The molecule has 4 nitrogen and oxygen atoms in total. The summed E-state index contributed by atoms with van der Waals surface area (Å²) < 4.78 is 0.504. The van der Waals surface area contributed by atoms with Crippen molar-refractivity contribution in [1.29, 1.82) is 0 Å². The molecule has 0 bridgehead atoms. The lowest BCUT2D eigenvalue weighted by atomic mass is 10.1. The number of nitrogens with zero attached hydrogens (tertiary/aromatic N) is 2. The van der Waals surface area contributed by atoms with Crippen LogP contribution in [0.4, 0.5) is 5.69 Å². The van der Waals surface area contributed by atoms with Crippen LogP contribution in [0.15, 0.2) is 53.4 Å². The summed E-state index contributed by atoms with van der Waals surface area (Å²) in [6.45, 7) is 6.35. The Morgan fingerprint density at radius 3 is 2.32 bits per heavy atom. The first kappa shape index (κ1) is 18.9.